The number of alkyl halides is 3. The first-order chi connectivity index (χ1) is 13.8. The van der Waals surface area contributed by atoms with Gasteiger partial charge in [0.2, 0.25) is 5.91 Å². The molecule has 1 saturated heterocycles. The molecule has 1 heterocycles. The molecular weight excluding hydrogens is 388 g/mol. The van der Waals surface area contributed by atoms with Crippen molar-refractivity contribution in [2.24, 2.45) is 0 Å². The molecular formula is C21H18F4N2O2. The lowest BCUT2D eigenvalue weighted by Crippen LogP contribution is -2.50. The van der Waals surface area contributed by atoms with Gasteiger partial charge < -0.3 is 9.80 Å². The fraction of sp³-hybridized carbons (Fsp3) is 0.238. The van der Waals surface area contributed by atoms with Crippen molar-refractivity contribution in [3.8, 4) is 0 Å². The van der Waals surface area contributed by atoms with Gasteiger partial charge in [-0.2, -0.15) is 13.2 Å². The van der Waals surface area contributed by atoms with Gasteiger partial charge in [0.25, 0.3) is 5.91 Å². The molecule has 0 N–H and O–H groups in total. The van der Waals surface area contributed by atoms with Gasteiger partial charge in [-0.1, -0.05) is 24.3 Å². The lowest BCUT2D eigenvalue weighted by atomic mass is 10.1. The van der Waals surface area contributed by atoms with E-state index in [0.717, 1.165) is 12.1 Å². The largest absolute Gasteiger partial charge is 0.417 e. The van der Waals surface area contributed by atoms with E-state index in [4.69, 9.17) is 0 Å². The van der Waals surface area contributed by atoms with Crippen LogP contribution in [0.3, 0.4) is 0 Å². The number of carbonyl (C=O) groups is 2. The number of benzene rings is 2. The van der Waals surface area contributed by atoms with Crippen LogP contribution in [0.4, 0.5) is 17.6 Å². The van der Waals surface area contributed by atoms with Gasteiger partial charge in [0, 0.05) is 32.3 Å². The highest BCUT2D eigenvalue weighted by Crippen LogP contribution is 2.32. The van der Waals surface area contributed by atoms with Crippen molar-refractivity contribution in [3.05, 3.63) is 77.1 Å². The molecule has 4 nitrogen and oxygen atoms in total. The van der Waals surface area contributed by atoms with Crippen LogP contribution in [0.5, 0.6) is 0 Å². The smallest absolute Gasteiger partial charge is 0.336 e. The normalized spacial score (nSPS) is 15.0. The van der Waals surface area contributed by atoms with Crippen LogP contribution >= 0.6 is 0 Å². The maximum Gasteiger partial charge on any atom is 0.417 e. The van der Waals surface area contributed by atoms with Crippen molar-refractivity contribution in [3.63, 3.8) is 0 Å². The average Bonchev–Trinajstić information content (AvgIpc) is 2.72. The Morgan fingerprint density at radius 1 is 0.862 bits per heavy atom. The Morgan fingerprint density at radius 2 is 1.45 bits per heavy atom. The quantitative estimate of drug-likeness (QED) is 0.574. The first-order valence-electron chi connectivity index (χ1n) is 8.94. The van der Waals surface area contributed by atoms with E-state index >= 15 is 0 Å². The van der Waals surface area contributed by atoms with E-state index in [0.29, 0.717) is 5.56 Å². The number of piperazine rings is 1. The third kappa shape index (κ3) is 5.01. The first kappa shape index (κ1) is 20.6. The summed E-state index contributed by atoms with van der Waals surface area (Å²) in [6.07, 6.45) is -1.71. The number of halogens is 4. The van der Waals surface area contributed by atoms with E-state index in [-0.39, 0.29) is 37.9 Å². The summed E-state index contributed by atoms with van der Waals surface area (Å²) >= 11 is 0. The Balaban J connectivity index is 1.61. The summed E-state index contributed by atoms with van der Waals surface area (Å²) in [6, 6.07) is 10.3. The summed E-state index contributed by atoms with van der Waals surface area (Å²) in [4.78, 5) is 27.7. The maximum absolute atomic E-state index is 13.1. The molecule has 29 heavy (non-hydrogen) atoms. The number of amides is 2. The van der Waals surface area contributed by atoms with Crippen LogP contribution < -0.4 is 0 Å². The highest BCUT2D eigenvalue weighted by Gasteiger charge is 2.36. The minimum absolute atomic E-state index is 0.140. The third-order valence-electron chi connectivity index (χ3n) is 4.63. The number of rotatable bonds is 3. The Morgan fingerprint density at radius 3 is 2.07 bits per heavy atom. The Kier molecular flexibility index (Phi) is 6.00. The summed E-state index contributed by atoms with van der Waals surface area (Å²) < 4.78 is 52.3. The molecule has 1 fully saturated rings. The highest BCUT2D eigenvalue weighted by atomic mass is 19.4. The van der Waals surface area contributed by atoms with Crippen LogP contribution in [-0.4, -0.2) is 47.8 Å². The van der Waals surface area contributed by atoms with Crippen molar-refractivity contribution in [2.75, 3.05) is 26.2 Å². The second kappa shape index (κ2) is 8.46. The van der Waals surface area contributed by atoms with E-state index in [1.807, 2.05) is 0 Å². The number of nitrogens with zero attached hydrogens (tertiary/aromatic N) is 2. The van der Waals surface area contributed by atoms with Crippen molar-refractivity contribution >= 4 is 17.9 Å². The molecule has 0 atom stereocenters. The van der Waals surface area contributed by atoms with E-state index < -0.39 is 23.2 Å². The van der Waals surface area contributed by atoms with Gasteiger partial charge in [-0.25, -0.2) is 4.39 Å². The molecule has 0 spiro atoms. The molecule has 8 heteroatoms. The topological polar surface area (TPSA) is 40.6 Å². The predicted molar refractivity (Wildman–Crippen MR) is 99.4 cm³/mol. The van der Waals surface area contributed by atoms with Gasteiger partial charge in [0.1, 0.15) is 5.82 Å². The van der Waals surface area contributed by atoms with E-state index in [1.165, 1.54) is 52.3 Å². The van der Waals surface area contributed by atoms with Crippen molar-refractivity contribution in [1.29, 1.82) is 0 Å². The first-order valence-corrected chi connectivity index (χ1v) is 8.94. The molecule has 2 aromatic carbocycles. The van der Waals surface area contributed by atoms with Gasteiger partial charge in [-0.05, 0) is 35.9 Å². The van der Waals surface area contributed by atoms with E-state index in [2.05, 4.69) is 0 Å². The van der Waals surface area contributed by atoms with E-state index in [9.17, 15) is 27.2 Å². The second-order valence-corrected chi connectivity index (χ2v) is 6.55. The highest BCUT2D eigenvalue weighted by molar-refractivity contribution is 5.96. The fourth-order valence-corrected chi connectivity index (χ4v) is 3.06. The molecule has 0 unspecified atom stereocenters. The third-order valence-corrected chi connectivity index (χ3v) is 4.63. The molecule has 2 aromatic rings. The minimum atomic E-state index is -4.62. The molecule has 1 aliphatic rings. The standard InChI is InChI=1S/C21H18F4N2O2/c22-16-8-5-15(6-9-16)7-10-19(28)26-11-13-27(14-12-26)20(29)17-3-1-2-4-18(17)21(23,24)25/h1-10H,11-14H2/b10-7+. The summed E-state index contributed by atoms with van der Waals surface area (Å²) in [6.45, 7) is 0.710. The minimum Gasteiger partial charge on any atom is -0.336 e. The van der Waals surface area contributed by atoms with Crippen LogP contribution in [0.1, 0.15) is 21.5 Å². The Hall–Kier alpha value is -3.16. The van der Waals surface area contributed by atoms with Crippen LogP contribution in [-0.2, 0) is 11.0 Å². The zero-order chi connectivity index (χ0) is 21.0. The molecule has 0 saturated carbocycles. The van der Waals surface area contributed by atoms with Gasteiger partial charge in [0.15, 0.2) is 0 Å². The summed E-state index contributed by atoms with van der Waals surface area (Å²) in [7, 11) is 0. The van der Waals surface area contributed by atoms with Crippen LogP contribution in [0.25, 0.3) is 6.08 Å². The molecule has 0 radical (unpaired) electrons. The maximum atomic E-state index is 13.1. The second-order valence-electron chi connectivity index (χ2n) is 6.55. The zero-order valence-electron chi connectivity index (χ0n) is 15.3. The molecule has 152 valence electrons. The molecule has 0 aliphatic carbocycles. The number of hydrogen-bond acceptors (Lipinski definition) is 2. The van der Waals surface area contributed by atoms with Gasteiger partial charge >= 0.3 is 6.18 Å². The lowest BCUT2D eigenvalue weighted by Gasteiger charge is -2.34. The van der Waals surface area contributed by atoms with Gasteiger partial charge in [0.05, 0.1) is 11.1 Å². The zero-order valence-corrected chi connectivity index (χ0v) is 15.3. The molecule has 2 amide bonds. The Bertz CT molecular complexity index is 915. The summed E-state index contributed by atoms with van der Waals surface area (Å²) in [5.41, 5.74) is -0.695. The van der Waals surface area contributed by atoms with Crippen LogP contribution in [0, 0.1) is 5.82 Å². The van der Waals surface area contributed by atoms with E-state index in [1.54, 1.807) is 6.08 Å². The SMILES string of the molecule is O=C(/C=C/c1ccc(F)cc1)N1CCN(C(=O)c2ccccc2C(F)(F)F)CC1. The Labute approximate surface area is 165 Å². The molecule has 1 aliphatic heterocycles. The van der Waals surface area contributed by atoms with Crippen molar-refractivity contribution < 1.29 is 27.2 Å². The van der Waals surface area contributed by atoms with Crippen molar-refractivity contribution in [2.45, 2.75) is 6.18 Å². The van der Waals surface area contributed by atoms with Gasteiger partial charge in [-0.15, -0.1) is 0 Å². The molecule has 0 aromatic heterocycles. The fourth-order valence-electron chi connectivity index (χ4n) is 3.06. The average molecular weight is 406 g/mol. The monoisotopic (exact) mass is 406 g/mol. The summed E-state index contributed by atoms with van der Waals surface area (Å²) in [5.74, 6) is -1.36. The molecule has 0 bridgehead atoms. The van der Waals surface area contributed by atoms with Crippen LogP contribution in [0.15, 0.2) is 54.6 Å². The number of hydrogen-bond donors (Lipinski definition) is 0. The molecule has 3 rings (SSSR count). The number of carbonyl (C=O) groups excluding carboxylic acids is 2. The van der Waals surface area contributed by atoms with Crippen molar-refractivity contribution in [1.82, 2.24) is 9.80 Å². The van der Waals surface area contributed by atoms with Gasteiger partial charge in [-0.3, -0.25) is 9.59 Å². The van der Waals surface area contributed by atoms with Crippen LogP contribution in [0.2, 0.25) is 0 Å². The lowest BCUT2D eigenvalue weighted by molar-refractivity contribution is -0.138. The summed E-state index contributed by atoms with van der Waals surface area (Å²) in [5, 5.41) is 0. The predicted octanol–water partition coefficient (Wildman–Crippen LogP) is 3.84.